The first-order chi connectivity index (χ1) is 10.7. The topological polar surface area (TPSA) is 72.2 Å². The van der Waals surface area contributed by atoms with Gasteiger partial charge in [0.2, 0.25) is 5.88 Å². The number of hydrogen-bond donors (Lipinski definition) is 1. The van der Waals surface area contributed by atoms with Crippen molar-refractivity contribution in [1.29, 1.82) is 5.26 Å². The number of nitrogens with zero attached hydrogens (tertiary/aromatic N) is 1. The predicted octanol–water partition coefficient (Wildman–Crippen LogP) is 4.47. The Kier molecular flexibility index (Phi) is 2.99. The Labute approximate surface area is 138 Å². The molecule has 0 bridgehead atoms. The van der Waals surface area contributed by atoms with Gasteiger partial charge in [0.1, 0.15) is 17.4 Å². The third-order valence-corrected chi connectivity index (χ3v) is 5.25. The standard InChI is InChI=1S/C16H9BrN2O2S/c17-12-6-5-10(20-12)13-9(7-18)16(19)21-14-8-3-1-2-4-11(8)22-15(13)14/h1-6,13H,19H2. The minimum atomic E-state index is -0.336. The molecule has 3 heterocycles. The van der Waals surface area contributed by atoms with Crippen LogP contribution in [-0.4, -0.2) is 0 Å². The van der Waals surface area contributed by atoms with Crippen molar-refractivity contribution in [2.24, 2.45) is 5.73 Å². The van der Waals surface area contributed by atoms with E-state index in [1.807, 2.05) is 36.4 Å². The first kappa shape index (κ1) is 13.4. The van der Waals surface area contributed by atoms with Crippen LogP contribution >= 0.6 is 27.3 Å². The number of hydrogen-bond acceptors (Lipinski definition) is 5. The summed E-state index contributed by atoms with van der Waals surface area (Å²) in [4.78, 5) is 0.939. The smallest absolute Gasteiger partial charge is 0.205 e. The molecule has 0 radical (unpaired) electrons. The van der Waals surface area contributed by atoms with E-state index < -0.39 is 0 Å². The quantitative estimate of drug-likeness (QED) is 0.683. The summed E-state index contributed by atoms with van der Waals surface area (Å²) in [5.41, 5.74) is 6.35. The van der Waals surface area contributed by atoms with E-state index in [0.717, 1.165) is 20.7 Å². The van der Waals surface area contributed by atoms with E-state index in [-0.39, 0.29) is 11.8 Å². The van der Waals surface area contributed by atoms with Gasteiger partial charge in [-0.05, 0) is 40.2 Å². The predicted molar refractivity (Wildman–Crippen MR) is 87.5 cm³/mol. The normalized spacial score (nSPS) is 17.2. The summed E-state index contributed by atoms with van der Waals surface area (Å²) >= 11 is 4.90. The van der Waals surface area contributed by atoms with E-state index in [2.05, 4.69) is 22.0 Å². The van der Waals surface area contributed by atoms with Gasteiger partial charge in [-0.1, -0.05) is 12.1 Å². The van der Waals surface area contributed by atoms with Crippen LogP contribution < -0.4 is 10.5 Å². The first-order valence-electron chi connectivity index (χ1n) is 6.53. The summed E-state index contributed by atoms with van der Waals surface area (Å²) in [7, 11) is 0. The van der Waals surface area contributed by atoms with Crippen LogP contribution in [0.4, 0.5) is 0 Å². The van der Waals surface area contributed by atoms with Crippen LogP contribution in [-0.2, 0) is 0 Å². The number of benzene rings is 1. The molecule has 1 unspecified atom stereocenters. The second-order valence-corrected chi connectivity index (χ2v) is 6.72. The molecular formula is C16H9BrN2O2S. The summed E-state index contributed by atoms with van der Waals surface area (Å²) in [6, 6.07) is 13.8. The van der Waals surface area contributed by atoms with Gasteiger partial charge in [0.15, 0.2) is 10.4 Å². The number of nitrogens with two attached hydrogens (primary N) is 1. The molecule has 0 saturated carbocycles. The van der Waals surface area contributed by atoms with Crippen molar-refractivity contribution in [3.63, 3.8) is 0 Å². The molecule has 1 aliphatic rings. The Hall–Kier alpha value is -2.23. The lowest BCUT2D eigenvalue weighted by Crippen LogP contribution is -2.19. The minimum absolute atomic E-state index is 0.135. The molecule has 0 spiro atoms. The maximum atomic E-state index is 9.48. The van der Waals surface area contributed by atoms with Gasteiger partial charge < -0.3 is 14.9 Å². The molecule has 108 valence electrons. The maximum Gasteiger partial charge on any atom is 0.205 e. The molecule has 1 aliphatic heterocycles. The molecule has 0 fully saturated rings. The van der Waals surface area contributed by atoms with E-state index >= 15 is 0 Å². The molecule has 2 N–H and O–H groups in total. The summed E-state index contributed by atoms with van der Waals surface area (Å²) in [6.07, 6.45) is 0. The zero-order chi connectivity index (χ0) is 15.3. The zero-order valence-electron chi connectivity index (χ0n) is 11.2. The van der Waals surface area contributed by atoms with Crippen LogP contribution in [0.25, 0.3) is 10.1 Å². The monoisotopic (exact) mass is 372 g/mol. The lowest BCUT2D eigenvalue weighted by atomic mass is 9.93. The number of allylic oxidation sites excluding steroid dienone is 1. The van der Waals surface area contributed by atoms with Gasteiger partial charge >= 0.3 is 0 Å². The Morgan fingerprint density at radius 3 is 2.77 bits per heavy atom. The fourth-order valence-electron chi connectivity index (χ4n) is 2.65. The molecule has 4 nitrogen and oxygen atoms in total. The molecule has 1 aromatic carbocycles. The highest BCUT2D eigenvalue weighted by atomic mass is 79.9. The van der Waals surface area contributed by atoms with Crippen LogP contribution in [0.15, 0.2) is 56.9 Å². The van der Waals surface area contributed by atoms with Crippen LogP contribution in [0.5, 0.6) is 5.75 Å². The van der Waals surface area contributed by atoms with Crippen molar-refractivity contribution in [3.8, 4) is 11.8 Å². The van der Waals surface area contributed by atoms with Crippen molar-refractivity contribution >= 4 is 37.4 Å². The van der Waals surface area contributed by atoms with Gasteiger partial charge in [-0.3, -0.25) is 0 Å². The van der Waals surface area contributed by atoms with Crippen molar-refractivity contribution in [2.45, 2.75) is 5.92 Å². The van der Waals surface area contributed by atoms with E-state index in [4.69, 9.17) is 14.9 Å². The van der Waals surface area contributed by atoms with E-state index in [1.165, 1.54) is 0 Å². The van der Waals surface area contributed by atoms with E-state index in [9.17, 15) is 5.26 Å². The van der Waals surface area contributed by atoms with Crippen LogP contribution in [0.1, 0.15) is 16.6 Å². The Balaban J connectivity index is 2.01. The van der Waals surface area contributed by atoms with Crippen molar-refractivity contribution < 1.29 is 9.15 Å². The van der Waals surface area contributed by atoms with E-state index in [0.29, 0.717) is 16.0 Å². The highest BCUT2D eigenvalue weighted by Crippen LogP contribution is 2.50. The third-order valence-electron chi connectivity index (χ3n) is 3.60. The molecule has 22 heavy (non-hydrogen) atoms. The molecule has 0 aliphatic carbocycles. The van der Waals surface area contributed by atoms with Crippen LogP contribution in [0, 0.1) is 11.3 Å². The molecule has 6 heteroatoms. The molecule has 3 aromatic rings. The first-order valence-corrected chi connectivity index (χ1v) is 8.14. The second-order valence-electron chi connectivity index (χ2n) is 4.86. The van der Waals surface area contributed by atoms with Gasteiger partial charge in [-0.25, -0.2) is 0 Å². The number of furan rings is 1. The Morgan fingerprint density at radius 1 is 1.23 bits per heavy atom. The second kappa shape index (κ2) is 4.90. The molecular weight excluding hydrogens is 364 g/mol. The number of halogens is 1. The summed E-state index contributed by atoms with van der Waals surface area (Å²) in [6.45, 7) is 0. The zero-order valence-corrected chi connectivity index (χ0v) is 13.6. The number of thiophene rings is 1. The fraction of sp³-hybridized carbons (Fsp3) is 0.0625. The van der Waals surface area contributed by atoms with Gasteiger partial charge in [0.05, 0.1) is 10.8 Å². The van der Waals surface area contributed by atoms with Gasteiger partial charge in [-0.2, -0.15) is 5.26 Å². The third kappa shape index (κ3) is 1.86. The summed E-state index contributed by atoms with van der Waals surface area (Å²) < 4.78 is 13.1. The van der Waals surface area contributed by atoms with Crippen LogP contribution in [0.2, 0.25) is 0 Å². The van der Waals surface area contributed by atoms with Gasteiger partial charge in [0.25, 0.3) is 0 Å². The summed E-state index contributed by atoms with van der Waals surface area (Å²) in [5, 5.41) is 10.5. The highest BCUT2D eigenvalue weighted by Gasteiger charge is 2.35. The highest BCUT2D eigenvalue weighted by molar-refractivity contribution is 9.10. The molecule has 0 saturated heterocycles. The minimum Gasteiger partial charge on any atom is -0.453 e. The maximum absolute atomic E-state index is 9.48. The number of nitriles is 1. The Morgan fingerprint density at radius 2 is 2.05 bits per heavy atom. The molecule has 2 aromatic heterocycles. The molecule has 1 atom stereocenters. The van der Waals surface area contributed by atoms with Crippen LogP contribution in [0.3, 0.4) is 0 Å². The molecule has 4 rings (SSSR count). The number of rotatable bonds is 1. The van der Waals surface area contributed by atoms with E-state index in [1.54, 1.807) is 11.3 Å². The average molecular weight is 373 g/mol. The van der Waals surface area contributed by atoms with Crippen molar-refractivity contribution in [1.82, 2.24) is 0 Å². The fourth-order valence-corrected chi connectivity index (χ4v) is 4.22. The summed E-state index contributed by atoms with van der Waals surface area (Å²) in [5.74, 6) is 1.19. The van der Waals surface area contributed by atoms with Crippen molar-refractivity contribution in [2.75, 3.05) is 0 Å². The lowest BCUT2D eigenvalue weighted by molar-refractivity contribution is 0.390. The molecule has 0 amide bonds. The lowest BCUT2D eigenvalue weighted by Gasteiger charge is -2.21. The largest absolute Gasteiger partial charge is 0.453 e. The van der Waals surface area contributed by atoms with Gasteiger partial charge in [0, 0.05) is 10.1 Å². The number of ether oxygens (including phenoxy) is 1. The Bertz CT molecular complexity index is 964. The van der Waals surface area contributed by atoms with Crippen molar-refractivity contribution in [3.05, 3.63) is 63.2 Å². The average Bonchev–Trinajstić information content (AvgIpc) is 3.09. The number of fused-ring (bicyclic) bond motifs is 3. The van der Waals surface area contributed by atoms with Gasteiger partial charge in [-0.15, -0.1) is 11.3 Å². The SMILES string of the molecule is N#CC1=C(N)Oc2c(sc3ccccc23)C1c1ccc(Br)o1.